The monoisotopic (exact) mass is 570 g/mol. The molecular formula is C29H31FN10O2. The summed E-state index contributed by atoms with van der Waals surface area (Å²) < 4.78 is 21.4. The van der Waals surface area contributed by atoms with E-state index < -0.39 is 5.82 Å². The lowest BCUT2D eigenvalue weighted by Gasteiger charge is -2.32. The van der Waals surface area contributed by atoms with E-state index in [9.17, 15) is 4.79 Å². The number of carbonyl (C=O) groups excluding carboxylic acids is 1. The summed E-state index contributed by atoms with van der Waals surface area (Å²) >= 11 is 0. The molecule has 3 heterocycles. The van der Waals surface area contributed by atoms with Gasteiger partial charge in [-0.2, -0.15) is 5.11 Å². The Morgan fingerprint density at radius 2 is 1.95 bits per heavy atom. The predicted molar refractivity (Wildman–Crippen MR) is 159 cm³/mol. The number of ether oxygens (including phenoxy) is 1. The van der Waals surface area contributed by atoms with Crippen molar-refractivity contribution in [1.82, 2.24) is 24.8 Å². The van der Waals surface area contributed by atoms with Crippen molar-refractivity contribution < 1.29 is 13.9 Å². The summed E-state index contributed by atoms with van der Waals surface area (Å²) in [4.78, 5) is 33.0. The number of carbonyl (C=O) groups is 1. The maximum atomic E-state index is 15.5. The van der Waals surface area contributed by atoms with E-state index in [0.717, 1.165) is 12.8 Å². The van der Waals surface area contributed by atoms with E-state index >= 15 is 4.39 Å². The molecule has 0 bridgehead atoms. The van der Waals surface area contributed by atoms with Gasteiger partial charge in [-0.25, -0.2) is 29.9 Å². The van der Waals surface area contributed by atoms with E-state index in [-0.39, 0.29) is 17.8 Å². The molecule has 6 rings (SSSR count). The Labute approximate surface area is 242 Å². The Morgan fingerprint density at radius 3 is 2.69 bits per heavy atom. The van der Waals surface area contributed by atoms with Crippen LogP contribution in [0.5, 0.6) is 11.5 Å². The minimum Gasteiger partial charge on any atom is -0.457 e. The van der Waals surface area contributed by atoms with E-state index in [0.29, 0.717) is 64.3 Å². The average molecular weight is 571 g/mol. The molecule has 1 aliphatic carbocycles. The first-order valence-electron chi connectivity index (χ1n) is 13.4. The summed E-state index contributed by atoms with van der Waals surface area (Å²) in [5.41, 5.74) is 9.93. The number of halogens is 1. The molecule has 2 aromatic carbocycles. The standard InChI is InChI=1S/C26H25FN10O2.C3H6/c1-14-22(39-15-3-4-16(29-2)18(9-15)35-28)6-5-17(23(14)27)33-25-24-19(31-12-32-25)11-30-26(34-24)37-8-7-36(13-38)20-10-21(20)37;1-3-2/h3-6,9,11-13,20-21,28-29H,7-8,10H2,1-2H3,(H,31,32,33);3H,1H2,2H3. The minimum absolute atomic E-state index is 0.187. The van der Waals surface area contributed by atoms with Gasteiger partial charge in [-0.15, -0.1) is 6.58 Å². The average Bonchev–Trinajstić information content (AvgIpc) is 3.82. The molecule has 2 aliphatic rings. The SMILES string of the molecule is C=CC.CNc1ccc(Oc2ccc(Nc3ncnc4cnc(N5CCN(C=O)C6CC65)nc34)c(F)c2C)cc1N=N. The van der Waals surface area contributed by atoms with Crippen LogP contribution in [0.1, 0.15) is 18.9 Å². The van der Waals surface area contributed by atoms with Crippen LogP contribution in [0.25, 0.3) is 11.0 Å². The van der Waals surface area contributed by atoms with Gasteiger partial charge < -0.3 is 25.2 Å². The Kier molecular flexibility index (Phi) is 8.18. The van der Waals surface area contributed by atoms with Crippen LogP contribution < -0.4 is 20.3 Å². The lowest BCUT2D eigenvalue weighted by Crippen LogP contribution is -2.46. The fourth-order valence-electron chi connectivity index (χ4n) is 4.88. The van der Waals surface area contributed by atoms with E-state index in [4.69, 9.17) is 15.3 Å². The van der Waals surface area contributed by atoms with Crippen molar-refractivity contribution in [2.75, 3.05) is 35.7 Å². The minimum atomic E-state index is -0.503. The molecule has 0 radical (unpaired) electrons. The van der Waals surface area contributed by atoms with Crippen molar-refractivity contribution in [3.05, 3.63) is 66.9 Å². The van der Waals surface area contributed by atoms with E-state index in [1.807, 2.05) is 11.8 Å². The molecule has 216 valence electrons. The van der Waals surface area contributed by atoms with Crippen LogP contribution in [0.3, 0.4) is 0 Å². The summed E-state index contributed by atoms with van der Waals surface area (Å²) in [5, 5.41) is 9.51. The first-order valence-corrected chi connectivity index (χ1v) is 13.4. The quantitative estimate of drug-likeness (QED) is 0.138. The van der Waals surface area contributed by atoms with Gasteiger partial charge in [-0.1, -0.05) is 6.08 Å². The normalized spacial score (nSPS) is 17.0. The first-order chi connectivity index (χ1) is 20.4. The number of hydrogen-bond acceptors (Lipinski definition) is 11. The van der Waals surface area contributed by atoms with Crippen molar-refractivity contribution in [3.8, 4) is 11.5 Å². The molecular weight excluding hydrogens is 539 g/mol. The number of aromatic nitrogens is 4. The number of rotatable bonds is 8. The van der Waals surface area contributed by atoms with Gasteiger partial charge in [0.1, 0.15) is 34.5 Å². The van der Waals surface area contributed by atoms with Crippen molar-refractivity contribution in [2.24, 2.45) is 5.11 Å². The molecule has 1 amide bonds. The van der Waals surface area contributed by atoms with E-state index in [1.165, 1.54) is 6.33 Å². The van der Waals surface area contributed by atoms with Gasteiger partial charge >= 0.3 is 0 Å². The third-order valence-electron chi connectivity index (χ3n) is 7.08. The number of allylic oxidation sites excluding steroid dienone is 1. The molecule has 42 heavy (non-hydrogen) atoms. The van der Waals surface area contributed by atoms with Gasteiger partial charge in [0, 0.05) is 31.8 Å². The molecule has 3 N–H and O–H groups in total. The van der Waals surface area contributed by atoms with Crippen LogP contribution >= 0.6 is 0 Å². The Bertz CT molecular complexity index is 1650. The number of amides is 1. The summed E-state index contributed by atoms with van der Waals surface area (Å²) in [6.07, 6.45) is 6.53. The third-order valence-corrected chi connectivity index (χ3v) is 7.08. The second-order valence-corrected chi connectivity index (χ2v) is 9.76. The number of anilines is 4. The summed E-state index contributed by atoms with van der Waals surface area (Å²) in [5.74, 6) is 1.13. The molecule has 4 aromatic rings. The maximum absolute atomic E-state index is 15.5. The van der Waals surface area contributed by atoms with Crippen LogP contribution in [-0.2, 0) is 4.79 Å². The molecule has 2 fully saturated rings. The number of benzene rings is 2. The molecule has 2 atom stereocenters. The van der Waals surface area contributed by atoms with E-state index in [1.54, 1.807) is 56.6 Å². The molecule has 1 aliphatic heterocycles. The van der Waals surface area contributed by atoms with Crippen LogP contribution in [0.15, 0.2) is 60.6 Å². The summed E-state index contributed by atoms with van der Waals surface area (Å²) in [6.45, 7) is 8.11. The van der Waals surface area contributed by atoms with Crippen LogP contribution in [0, 0.1) is 18.3 Å². The molecule has 13 heteroatoms. The highest BCUT2D eigenvalue weighted by Gasteiger charge is 2.49. The summed E-state index contributed by atoms with van der Waals surface area (Å²) in [7, 11) is 1.74. The number of fused-ring (bicyclic) bond motifs is 2. The smallest absolute Gasteiger partial charge is 0.226 e. The van der Waals surface area contributed by atoms with Crippen molar-refractivity contribution >= 4 is 46.3 Å². The molecule has 12 nitrogen and oxygen atoms in total. The van der Waals surface area contributed by atoms with Crippen LogP contribution in [0.2, 0.25) is 0 Å². The van der Waals surface area contributed by atoms with Crippen molar-refractivity contribution in [3.63, 3.8) is 0 Å². The van der Waals surface area contributed by atoms with Crippen molar-refractivity contribution in [2.45, 2.75) is 32.4 Å². The predicted octanol–water partition coefficient (Wildman–Crippen LogP) is 5.72. The molecule has 2 unspecified atom stereocenters. The zero-order chi connectivity index (χ0) is 29.8. The van der Waals surface area contributed by atoms with Gasteiger partial charge in [-0.3, -0.25) is 4.79 Å². The number of piperazine rings is 1. The number of nitrogens with zero attached hydrogens (tertiary/aromatic N) is 7. The Balaban J connectivity index is 0.00000113. The van der Waals surface area contributed by atoms with E-state index in [2.05, 4.69) is 42.2 Å². The topological polar surface area (TPSA) is 145 Å². The first kappa shape index (κ1) is 28.3. The van der Waals surface area contributed by atoms with Gasteiger partial charge in [0.05, 0.1) is 29.7 Å². The second kappa shape index (κ2) is 12.1. The molecule has 1 saturated carbocycles. The fourth-order valence-corrected chi connectivity index (χ4v) is 4.88. The largest absolute Gasteiger partial charge is 0.457 e. The van der Waals surface area contributed by atoms with Crippen molar-refractivity contribution in [1.29, 1.82) is 5.53 Å². The Morgan fingerprint density at radius 1 is 1.17 bits per heavy atom. The highest BCUT2D eigenvalue weighted by molar-refractivity contribution is 5.87. The number of hydrogen-bond donors (Lipinski definition) is 3. The van der Waals surface area contributed by atoms with Crippen LogP contribution in [0.4, 0.5) is 33.2 Å². The fraction of sp³-hybridized carbons (Fsp3) is 0.276. The lowest BCUT2D eigenvalue weighted by atomic mass is 10.1. The molecule has 2 aromatic heterocycles. The highest BCUT2D eigenvalue weighted by atomic mass is 19.1. The van der Waals surface area contributed by atoms with Gasteiger partial charge in [0.2, 0.25) is 12.4 Å². The lowest BCUT2D eigenvalue weighted by molar-refractivity contribution is -0.118. The molecule has 1 saturated heterocycles. The van der Waals surface area contributed by atoms with Gasteiger partial charge in [-0.05, 0) is 44.5 Å². The van der Waals surface area contributed by atoms with Gasteiger partial charge in [0.25, 0.3) is 0 Å². The van der Waals surface area contributed by atoms with Crippen LogP contribution in [-0.4, -0.2) is 63.5 Å². The number of nitrogens with one attached hydrogen (secondary N) is 3. The summed E-state index contributed by atoms with van der Waals surface area (Å²) in [6, 6.07) is 8.67. The highest BCUT2D eigenvalue weighted by Crippen LogP contribution is 2.39. The molecule has 0 spiro atoms. The zero-order valence-corrected chi connectivity index (χ0v) is 23.5. The zero-order valence-electron chi connectivity index (χ0n) is 23.5. The maximum Gasteiger partial charge on any atom is 0.226 e. The van der Waals surface area contributed by atoms with Gasteiger partial charge in [0.15, 0.2) is 11.6 Å². The third kappa shape index (κ3) is 5.53. The second-order valence-electron chi connectivity index (χ2n) is 9.76. The Hall–Kier alpha value is -5.20.